The first kappa shape index (κ1) is 41.1. The molecule has 3 fully saturated rings. The number of carboxylic acids is 1. The smallest absolute Gasteiger partial charge is 0.331 e. The summed E-state index contributed by atoms with van der Waals surface area (Å²) in [5.74, 6) is -1.39. The van der Waals surface area contributed by atoms with Crippen LogP contribution in [0.15, 0.2) is 12.2 Å². The molecule has 0 heterocycles. The minimum atomic E-state index is -1.07. The van der Waals surface area contributed by atoms with Crippen LogP contribution in [-0.4, -0.2) is 34.5 Å². The number of aliphatic hydroxyl groups excluding tert-OH is 2. The van der Waals surface area contributed by atoms with E-state index < -0.39 is 5.97 Å². The fourth-order valence-electron chi connectivity index (χ4n) is 6.28. The van der Waals surface area contributed by atoms with Crippen molar-refractivity contribution in [3.63, 3.8) is 0 Å². The summed E-state index contributed by atoms with van der Waals surface area (Å²) in [5.41, 5.74) is 0.0538. The summed E-state index contributed by atoms with van der Waals surface area (Å²) in [6, 6.07) is 0. The molecule has 0 aliphatic heterocycles. The summed E-state index contributed by atoms with van der Waals surface area (Å²) in [6.07, 6.45) is 45.7. The highest BCUT2D eigenvalue weighted by atomic mass is 16.4. The molecule has 0 aromatic rings. The van der Waals surface area contributed by atoms with Gasteiger partial charge in [-0.15, -0.1) is 0 Å². The van der Waals surface area contributed by atoms with Crippen LogP contribution in [0.3, 0.4) is 0 Å². The molecule has 0 saturated heterocycles. The second-order valence-electron chi connectivity index (χ2n) is 13.2. The average Bonchev–Trinajstić information content (AvgIpc) is 3.02. The summed E-state index contributed by atoms with van der Waals surface area (Å²) in [7, 11) is 0. The Morgan fingerprint density at radius 2 is 0.548 bits per heavy atom. The van der Waals surface area contributed by atoms with Gasteiger partial charge in [-0.3, -0.25) is 0 Å². The summed E-state index contributed by atoms with van der Waals surface area (Å²) < 4.78 is 0. The first-order chi connectivity index (χ1) is 20.6. The van der Waals surface area contributed by atoms with Crippen molar-refractivity contribution in [2.24, 2.45) is 5.92 Å². The van der Waals surface area contributed by atoms with Crippen molar-refractivity contribution in [1.29, 1.82) is 0 Å². The lowest BCUT2D eigenvalue weighted by atomic mass is 9.94. The number of carbonyl (C=O) groups is 1. The molecular weight excluding hydrogens is 520 g/mol. The van der Waals surface area contributed by atoms with Gasteiger partial charge in [-0.25, -0.2) is 4.79 Å². The van der Waals surface area contributed by atoms with Crippen molar-refractivity contribution in [3.8, 4) is 0 Å². The third-order valence-corrected chi connectivity index (χ3v) is 9.22. The predicted octanol–water partition coefficient (Wildman–Crippen LogP) is 11.7. The third kappa shape index (κ3) is 30.6. The second kappa shape index (κ2) is 34.6. The Kier molecular flexibility index (Phi) is 33.9. The average molecular weight is 595 g/mol. The number of hydrogen-bond donors (Lipinski definition) is 3. The Morgan fingerprint density at radius 1 is 0.405 bits per heavy atom. The number of aliphatic carboxylic acids is 1. The van der Waals surface area contributed by atoms with Gasteiger partial charge in [-0.05, 0) is 18.8 Å². The van der Waals surface area contributed by atoms with Gasteiger partial charge in [0, 0.05) is 18.8 Å². The van der Waals surface area contributed by atoms with E-state index in [0.29, 0.717) is 12.8 Å². The third-order valence-electron chi connectivity index (χ3n) is 9.22. The molecule has 0 aromatic heterocycles. The summed E-state index contributed by atoms with van der Waals surface area (Å²) in [5, 5.41) is 25.7. The molecule has 3 rings (SSSR count). The molecule has 0 bridgehead atoms. The van der Waals surface area contributed by atoms with E-state index in [1.165, 1.54) is 193 Å². The largest absolute Gasteiger partial charge is 0.478 e. The number of rotatable bonds is 6. The minimum Gasteiger partial charge on any atom is -0.478 e. The van der Waals surface area contributed by atoms with Crippen LogP contribution < -0.4 is 0 Å². The predicted molar refractivity (Wildman–Crippen MR) is 182 cm³/mol. The molecule has 250 valence electrons. The molecule has 0 aromatic carbocycles. The van der Waals surface area contributed by atoms with Crippen LogP contribution in [0.5, 0.6) is 0 Å². The molecule has 42 heavy (non-hydrogen) atoms. The van der Waals surface area contributed by atoms with Gasteiger partial charge in [0.15, 0.2) is 0 Å². The topological polar surface area (TPSA) is 77.8 Å². The van der Waals surface area contributed by atoms with Gasteiger partial charge in [0.25, 0.3) is 0 Å². The van der Waals surface area contributed by atoms with Crippen LogP contribution in [0, 0.1) is 5.92 Å². The Bertz CT molecular complexity index is 408. The van der Waals surface area contributed by atoms with Crippen molar-refractivity contribution in [2.45, 2.75) is 205 Å². The SMILES string of the molecule is C1CCCCCCCCC1.C1CCCCCCCCC1.C1CCCCCCCCC1.C=C(C(=O)O)C(CCO)CCO. The van der Waals surface area contributed by atoms with Gasteiger partial charge in [-0.2, -0.15) is 0 Å². The van der Waals surface area contributed by atoms with Crippen LogP contribution in [-0.2, 0) is 4.79 Å². The van der Waals surface area contributed by atoms with Crippen molar-refractivity contribution in [2.75, 3.05) is 13.2 Å². The minimum absolute atomic E-state index is 0.0538. The molecule has 0 atom stereocenters. The lowest BCUT2D eigenvalue weighted by Crippen LogP contribution is -2.14. The van der Waals surface area contributed by atoms with Crippen LogP contribution in [0.25, 0.3) is 0 Å². The standard InChI is InChI=1S/3C10H20.C8H14O4/c3*1-2-4-6-8-10-9-7-5-3-1;1-6(8(11)12)7(2-4-9)3-5-10/h3*1-10H2;7,9-10H,1-5H2,(H,11,12). The first-order valence-electron chi connectivity index (χ1n) is 18.8. The molecule has 4 nitrogen and oxygen atoms in total. The van der Waals surface area contributed by atoms with Gasteiger partial charge in [0.05, 0.1) is 0 Å². The van der Waals surface area contributed by atoms with E-state index in [0.717, 1.165) is 0 Å². The van der Waals surface area contributed by atoms with Gasteiger partial charge >= 0.3 is 5.97 Å². The van der Waals surface area contributed by atoms with Crippen molar-refractivity contribution >= 4 is 5.97 Å². The Hall–Kier alpha value is -0.870. The highest BCUT2D eigenvalue weighted by Crippen LogP contribution is 2.18. The maximum absolute atomic E-state index is 10.4. The molecular formula is C38H74O4. The fourth-order valence-corrected chi connectivity index (χ4v) is 6.28. The monoisotopic (exact) mass is 595 g/mol. The van der Waals surface area contributed by atoms with Crippen molar-refractivity contribution < 1.29 is 20.1 Å². The Balaban J connectivity index is 0.000000535. The summed E-state index contributed by atoms with van der Waals surface area (Å²) in [6.45, 7) is 3.20. The molecule has 4 heteroatoms. The molecule has 0 unspecified atom stereocenters. The molecule has 0 amide bonds. The second-order valence-corrected chi connectivity index (χ2v) is 13.2. The van der Waals surface area contributed by atoms with Gasteiger partial charge in [0.2, 0.25) is 0 Å². The van der Waals surface area contributed by atoms with Gasteiger partial charge < -0.3 is 15.3 Å². The lowest BCUT2D eigenvalue weighted by molar-refractivity contribution is -0.133. The Morgan fingerprint density at radius 3 is 0.643 bits per heavy atom. The molecule has 3 N–H and O–H groups in total. The van der Waals surface area contributed by atoms with Crippen LogP contribution >= 0.6 is 0 Å². The Labute approximate surface area is 262 Å². The highest BCUT2D eigenvalue weighted by Gasteiger charge is 2.16. The molecule has 0 radical (unpaired) electrons. The van der Waals surface area contributed by atoms with Crippen molar-refractivity contribution in [1.82, 2.24) is 0 Å². The zero-order valence-corrected chi connectivity index (χ0v) is 28.1. The highest BCUT2D eigenvalue weighted by molar-refractivity contribution is 5.86. The fraction of sp³-hybridized carbons (Fsp3) is 0.921. The first-order valence-corrected chi connectivity index (χ1v) is 18.8. The normalized spacial score (nSPS) is 20.1. The maximum Gasteiger partial charge on any atom is 0.331 e. The van der Waals surface area contributed by atoms with Crippen molar-refractivity contribution in [3.05, 3.63) is 12.2 Å². The van der Waals surface area contributed by atoms with Gasteiger partial charge in [0.1, 0.15) is 0 Å². The van der Waals surface area contributed by atoms with E-state index in [9.17, 15) is 4.79 Å². The van der Waals surface area contributed by atoms with Gasteiger partial charge in [-0.1, -0.05) is 199 Å². The maximum atomic E-state index is 10.4. The van der Waals surface area contributed by atoms with E-state index in [1.807, 2.05) is 0 Å². The van der Waals surface area contributed by atoms with E-state index in [2.05, 4.69) is 6.58 Å². The number of carboxylic acid groups (broad SMARTS) is 1. The van der Waals surface area contributed by atoms with E-state index >= 15 is 0 Å². The number of hydrogen-bond acceptors (Lipinski definition) is 3. The molecule has 3 aliphatic rings. The lowest BCUT2D eigenvalue weighted by Gasteiger charge is -2.13. The molecule has 3 aliphatic carbocycles. The quantitative estimate of drug-likeness (QED) is 0.267. The molecule has 3 saturated carbocycles. The van der Waals surface area contributed by atoms with E-state index in [-0.39, 0.29) is 24.7 Å². The van der Waals surface area contributed by atoms with E-state index in [4.69, 9.17) is 15.3 Å². The molecule has 0 spiro atoms. The van der Waals surface area contributed by atoms with Crippen LogP contribution in [0.1, 0.15) is 205 Å². The summed E-state index contributed by atoms with van der Waals surface area (Å²) in [4.78, 5) is 10.4. The zero-order chi connectivity index (χ0) is 30.8. The number of aliphatic hydroxyl groups is 2. The van der Waals surface area contributed by atoms with Crippen LogP contribution in [0.2, 0.25) is 0 Å². The van der Waals surface area contributed by atoms with Crippen LogP contribution in [0.4, 0.5) is 0 Å². The van der Waals surface area contributed by atoms with E-state index in [1.54, 1.807) is 0 Å². The summed E-state index contributed by atoms with van der Waals surface area (Å²) >= 11 is 0. The zero-order valence-electron chi connectivity index (χ0n) is 28.1.